The third kappa shape index (κ3) is 5.20. The van der Waals surface area contributed by atoms with E-state index in [1.54, 1.807) is 28.8 Å². The topological polar surface area (TPSA) is 43.9 Å². The Morgan fingerprint density at radius 3 is 2.29 bits per heavy atom. The molecule has 0 aromatic heterocycles. The van der Waals surface area contributed by atoms with Crippen molar-refractivity contribution in [2.45, 2.75) is 18.3 Å². The molecule has 5 rings (SSSR count). The second-order valence-corrected chi connectivity index (χ2v) is 9.93. The van der Waals surface area contributed by atoms with Crippen molar-refractivity contribution in [3.63, 3.8) is 0 Å². The molecule has 5 nitrogen and oxygen atoms in total. The van der Waals surface area contributed by atoms with E-state index in [0.717, 1.165) is 17.0 Å². The molecule has 35 heavy (non-hydrogen) atoms. The van der Waals surface area contributed by atoms with Crippen LogP contribution < -0.4 is 4.90 Å². The van der Waals surface area contributed by atoms with Crippen LogP contribution in [0.1, 0.15) is 21.5 Å². The summed E-state index contributed by atoms with van der Waals surface area (Å²) in [5, 5.41) is 0. The fourth-order valence-electron chi connectivity index (χ4n) is 4.73. The van der Waals surface area contributed by atoms with Crippen molar-refractivity contribution in [1.82, 2.24) is 9.80 Å². The molecule has 0 saturated carbocycles. The lowest BCUT2D eigenvalue weighted by atomic mass is 10.1. The third-order valence-electron chi connectivity index (χ3n) is 6.68. The molecule has 1 fully saturated rings. The van der Waals surface area contributed by atoms with Crippen molar-refractivity contribution in [2.75, 3.05) is 36.8 Å². The van der Waals surface area contributed by atoms with Gasteiger partial charge in [0.15, 0.2) is 0 Å². The summed E-state index contributed by atoms with van der Waals surface area (Å²) in [5.74, 6) is 1.02. The van der Waals surface area contributed by atoms with Gasteiger partial charge in [0.05, 0.1) is 0 Å². The minimum atomic E-state index is -0.513. The zero-order valence-corrected chi connectivity index (χ0v) is 20.3. The van der Waals surface area contributed by atoms with Gasteiger partial charge in [-0.2, -0.15) is 11.8 Å². The van der Waals surface area contributed by atoms with E-state index < -0.39 is 6.04 Å². The van der Waals surface area contributed by atoms with Crippen molar-refractivity contribution in [3.05, 3.63) is 101 Å². The molecule has 180 valence electrons. The number of thioether (sulfide) groups is 1. The van der Waals surface area contributed by atoms with E-state index in [2.05, 4.69) is 17.0 Å². The Morgan fingerprint density at radius 1 is 0.886 bits per heavy atom. The average molecular weight is 490 g/mol. The molecule has 1 atom stereocenters. The summed E-state index contributed by atoms with van der Waals surface area (Å²) < 4.78 is 13.3. The minimum Gasteiger partial charge on any atom is -0.368 e. The zero-order chi connectivity index (χ0) is 24.2. The van der Waals surface area contributed by atoms with Crippen LogP contribution in [0.5, 0.6) is 0 Å². The average Bonchev–Trinajstić information content (AvgIpc) is 3.23. The van der Waals surface area contributed by atoms with Gasteiger partial charge in [-0.05, 0) is 41.5 Å². The lowest BCUT2D eigenvalue weighted by Crippen LogP contribution is -2.56. The molecule has 2 amide bonds. The molecule has 7 heteroatoms. The third-order valence-corrected chi connectivity index (χ3v) is 7.77. The first-order valence-electron chi connectivity index (χ1n) is 11.9. The quantitative estimate of drug-likeness (QED) is 0.493. The second kappa shape index (κ2) is 10.5. The number of carbonyl (C=O) groups is 2. The van der Waals surface area contributed by atoms with E-state index in [4.69, 9.17) is 0 Å². The Bertz CT molecular complexity index is 1180. The maximum atomic E-state index is 13.8. The number of anilines is 1. The molecule has 0 bridgehead atoms. The highest BCUT2D eigenvalue weighted by Crippen LogP contribution is 2.28. The zero-order valence-electron chi connectivity index (χ0n) is 19.5. The lowest BCUT2D eigenvalue weighted by molar-refractivity contribution is -0.135. The number of carbonyl (C=O) groups excluding carboxylic acids is 2. The molecule has 0 unspecified atom stereocenters. The van der Waals surface area contributed by atoms with Crippen LogP contribution in [0, 0.1) is 5.82 Å². The Morgan fingerprint density at radius 2 is 1.57 bits per heavy atom. The molecule has 3 aromatic rings. The van der Waals surface area contributed by atoms with Crippen LogP contribution in [-0.2, 0) is 17.1 Å². The number of amides is 2. The van der Waals surface area contributed by atoms with E-state index in [9.17, 15) is 14.0 Å². The summed E-state index contributed by atoms with van der Waals surface area (Å²) in [4.78, 5) is 32.8. The molecule has 0 aliphatic carbocycles. The van der Waals surface area contributed by atoms with Crippen LogP contribution in [-0.4, -0.2) is 59.6 Å². The smallest absolute Gasteiger partial charge is 0.255 e. The molecule has 2 aliphatic rings. The van der Waals surface area contributed by atoms with Gasteiger partial charge in [-0.25, -0.2) is 4.39 Å². The fourth-order valence-corrected chi connectivity index (χ4v) is 5.83. The number of nitrogens with zero attached hydrogens (tertiary/aromatic N) is 3. The molecule has 3 aromatic carbocycles. The molecule has 0 radical (unpaired) electrons. The van der Waals surface area contributed by atoms with Gasteiger partial charge in [0.1, 0.15) is 11.9 Å². The van der Waals surface area contributed by atoms with Gasteiger partial charge >= 0.3 is 0 Å². The van der Waals surface area contributed by atoms with Gasteiger partial charge in [0.25, 0.3) is 5.91 Å². The first-order valence-corrected chi connectivity index (χ1v) is 13.1. The number of piperazine rings is 1. The van der Waals surface area contributed by atoms with E-state index in [0.29, 0.717) is 44.0 Å². The maximum absolute atomic E-state index is 13.8. The summed E-state index contributed by atoms with van der Waals surface area (Å²) >= 11 is 1.69. The summed E-state index contributed by atoms with van der Waals surface area (Å²) in [6.07, 6.45) is 0. The predicted octanol–water partition coefficient (Wildman–Crippen LogP) is 4.43. The number of benzene rings is 3. The Balaban J connectivity index is 1.28. The fraction of sp³-hybridized carbons (Fsp3) is 0.286. The molecule has 2 heterocycles. The number of rotatable bonds is 7. The number of hydrogen-bond donors (Lipinski definition) is 0. The highest BCUT2D eigenvalue weighted by atomic mass is 32.2. The van der Waals surface area contributed by atoms with E-state index in [-0.39, 0.29) is 17.6 Å². The first kappa shape index (κ1) is 23.4. The van der Waals surface area contributed by atoms with Crippen LogP contribution in [0.15, 0.2) is 78.9 Å². The van der Waals surface area contributed by atoms with Crippen molar-refractivity contribution < 1.29 is 14.0 Å². The van der Waals surface area contributed by atoms with Crippen LogP contribution in [0.4, 0.5) is 10.1 Å². The van der Waals surface area contributed by atoms with Gasteiger partial charge in [0, 0.05) is 55.5 Å². The van der Waals surface area contributed by atoms with Crippen LogP contribution >= 0.6 is 11.8 Å². The SMILES string of the molecule is O=C([C@H](CSCc1ccccc1)N1Cc2ccccc2C1=O)N1CCN(c2ccc(F)cc2)CC1. The monoisotopic (exact) mass is 489 g/mol. The number of halogens is 1. The van der Waals surface area contributed by atoms with Gasteiger partial charge in [-0.3, -0.25) is 9.59 Å². The minimum absolute atomic E-state index is 0.00507. The van der Waals surface area contributed by atoms with Gasteiger partial charge < -0.3 is 14.7 Å². The summed E-state index contributed by atoms with van der Waals surface area (Å²) in [5.41, 5.74) is 3.83. The van der Waals surface area contributed by atoms with Crippen LogP contribution in [0.3, 0.4) is 0 Å². The highest BCUT2D eigenvalue weighted by molar-refractivity contribution is 7.98. The Kier molecular flexibility index (Phi) is 7.04. The van der Waals surface area contributed by atoms with Crippen molar-refractivity contribution in [2.24, 2.45) is 0 Å². The van der Waals surface area contributed by atoms with Crippen LogP contribution in [0.2, 0.25) is 0 Å². The normalized spacial score (nSPS) is 16.4. The van der Waals surface area contributed by atoms with E-state index >= 15 is 0 Å². The lowest BCUT2D eigenvalue weighted by Gasteiger charge is -2.39. The Labute approximate surface area is 209 Å². The van der Waals surface area contributed by atoms with Gasteiger partial charge in [-0.1, -0.05) is 48.5 Å². The Hall–Kier alpha value is -3.32. The largest absolute Gasteiger partial charge is 0.368 e. The van der Waals surface area contributed by atoms with Crippen molar-refractivity contribution >= 4 is 29.3 Å². The molecule has 1 saturated heterocycles. The van der Waals surface area contributed by atoms with Crippen LogP contribution in [0.25, 0.3) is 0 Å². The number of hydrogen-bond acceptors (Lipinski definition) is 4. The molecular weight excluding hydrogens is 461 g/mol. The van der Waals surface area contributed by atoms with E-state index in [1.165, 1.54) is 17.7 Å². The molecular formula is C28H28FN3O2S. The van der Waals surface area contributed by atoms with Gasteiger partial charge in [-0.15, -0.1) is 0 Å². The highest BCUT2D eigenvalue weighted by Gasteiger charge is 2.38. The van der Waals surface area contributed by atoms with Crippen molar-refractivity contribution in [1.29, 1.82) is 0 Å². The van der Waals surface area contributed by atoms with Crippen molar-refractivity contribution in [3.8, 4) is 0 Å². The maximum Gasteiger partial charge on any atom is 0.255 e. The summed E-state index contributed by atoms with van der Waals surface area (Å²) in [6.45, 7) is 2.97. The van der Waals surface area contributed by atoms with Gasteiger partial charge in [0.2, 0.25) is 5.91 Å². The summed E-state index contributed by atoms with van der Waals surface area (Å²) in [6, 6.07) is 23.8. The predicted molar refractivity (Wildman–Crippen MR) is 138 cm³/mol. The first-order chi connectivity index (χ1) is 17.1. The summed E-state index contributed by atoms with van der Waals surface area (Å²) in [7, 11) is 0. The second-order valence-electron chi connectivity index (χ2n) is 8.90. The molecule has 0 N–H and O–H groups in total. The standard InChI is InChI=1S/C28H28FN3O2S/c29-23-10-12-24(13-11-23)30-14-16-31(17-15-30)28(34)26(20-35-19-21-6-2-1-3-7-21)32-18-22-8-4-5-9-25(22)27(32)33/h1-13,26H,14-20H2/t26-/m0/s1. The molecule has 0 spiro atoms. The molecule has 2 aliphatic heterocycles. The van der Waals surface area contributed by atoms with E-state index in [1.807, 2.05) is 47.4 Å². The number of fused-ring (bicyclic) bond motifs is 1.